The average molecular weight is 232 g/mol. The van der Waals surface area contributed by atoms with Gasteiger partial charge in [-0.15, -0.1) is 0 Å². The zero-order valence-electron chi connectivity index (χ0n) is 10.4. The van der Waals surface area contributed by atoms with Crippen LogP contribution >= 0.6 is 0 Å². The Kier molecular flexibility index (Phi) is 3.06. The Morgan fingerprint density at radius 2 is 1.76 bits per heavy atom. The Morgan fingerprint density at radius 3 is 2.41 bits per heavy atom. The summed E-state index contributed by atoms with van der Waals surface area (Å²) >= 11 is 0. The number of benzene rings is 1. The molecule has 0 N–H and O–H groups in total. The van der Waals surface area contributed by atoms with Gasteiger partial charge < -0.3 is 9.47 Å². The zero-order valence-corrected chi connectivity index (χ0v) is 10.4. The topological polar surface area (TPSA) is 21.8 Å². The van der Waals surface area contributed by atoms with Gasteiger partial charge in [0.15, 0.2) is 0 Å². The molecule has 1 heterocycles. The van der Waals surface area contributed by atoms with Gasteiger partial charge in [-0.05, 0) is 36.5 Å². The molecule has 0 unspecified atom stereocenters. The normalized spacial score (nSPS) is 29.0. The summed E-state index contributed by atoms with van der Waals surface area (Å²) in [5.41, 5.74) is 1.31. The lowest BCUT2D eigenvalue weighted by atomic mass is 9.85. The first kappa shape index (κ1) is 11.1. The van der Waals surface area contributed by atoms with Crippen molar-refractivity contribution in [2.24, 2.45) is 5.92 Å². The van der Waals surface area contributed by atoms with E-state index in [1.54, 1.807) is 7.11 Å². The highest BCUT2D eigenvalue weighted by Gasteiger charge is 2.45. The van der Waals surface area contributed by atoms with Crippen molar-refractivity contribution in [3.8, 4) is 5.75 Å². The number of ether oxygens (including phenoxy) is 2. The van der Waals surface area contributed by atoms with Crippen molar-refractivity contribution in [2.75, 3.05) is 7.11 Å². The molecular weight excluding hydrogens is 212 g/mol. The Labute approximate surface area is 103 Å². The molecule has 2 nitrogen and oxygen atoms in total. The summed E-state index contributed by atoms with van der Waals surface area (Å²) in [5, 5.41) is 0. The Balaban J connectivity index is 1.62. The van der Waals surface area contributed by atoms with Crippen molar-refractivity contribution < 1.29 is 9.47 Å². The van der Waals surface area contributed by atoms with E-state index >= 15 is 0 Å². The van der Waals surface area contributed by atoms with Gasteiger partial charge in [0.05, 0.1) is 13.2 Å². The van der Waals surface area contributed by atoms with Crippen LogP contribution in [-0.2, 0) is 4.74 Å². The summed E-state index contributed by atoms with van der Waals surface area (Å²) in [6, 6.07) is 8.31. The van der Waals surface area contributed by atoms with Crippen molar-refractivity contribution in [1.82, 2.24) is 0 Å². The van der Waals surface area contributed by atoms with Crippen LogP contribution in [0.2, 0.25) is 0 Å². The number of rotatable bonds is 3. The van der Waals surface area contributed by atoms with Crippen LogP contribution in [0, 0.1) is 5.92 Å². The van der Waals surface area contributed by atoms with Gasteiger partial charge in [-0.1, -0.05) is 31.4 Å². The second-order valence-corrected chi connectivity index (χ2v) is 5.19. The number of hydrogen-bond acceptors (Lipinski definition) is 2. The molecule has 0 radical (unpaired) electrons. The highest BCUT2D eigenvalue weighted by molar-refractivity contribution is 5.31. The summed E-state index contributed by atoms with van der Waals surface area (Å²) in [5.74, 6) is 1.72. The molecular formula is C15H20O2. The molecule has 0 bridgehead atoms. The Hall–Kier alpha value is -1.02. The van der Waals surface area contributed by atoms with Crippen molar-refractivity contribution >= 4 is 0 Å². The van der Waals surface area contributed by atoms with Crippen LogP contribution < -0.4 is 4.74 Å². The molecule has 2 heteroatoms. The molecule has 0 spiro atoms. The van der Waals surface area contributed by atoms with Crippen molar-refractivity contribution in [1.29, 1.82) is 0 Å². The first-order valence-electron chi connectivity index (χ1n) is 6.68. The third-order valence-corrected chi connectivity index (χ3v) is 4.08. The maximum Gasteiger partial charge on any atom is 0.118 e. The minimum absolute atomic E-state index is 0.351. The second-order valence-electron chi connectivity index (χ2n) is 5.19. The summed E-state index contributed by atoms with van der Waals surface area (Å²) < 4.78 is 11.0. The molecule has 1 aliphatic carbocycles. The van der Waals surface area contributed by atoms with Crippen LogP contribution in [-0.4, -0.2) is 13.2 Å². The molecule has 1 saturated heterocycles. The first-order valence-corrected chi connectivity index (χ1v) is 6.68. The largest absolute Gasteiger partial charge is 0.497 e. The van der Waals surface area contributed by atoms with Gasteiger partial charge in [0, 0.05) is 0 Å². The summed E-state index contributed by atoms with van der Waals surface area (Å²) in [4.78, 5) is 0. The standard InChI is InChI=1S/C15H20O2/c1-16-13-9-7-12(8-10-13)15-14(17-15)11-5-3-2-4-6-11/h7-11,14-15H,2-6H2,1H3/t14-,15-/m1/s1. The van der Waals surface area contributed by atoms with Gasteiger partial charge in [-0.25, -0.2) is 0 Å². The molecule has 2 fully saturated rings. The maximum atomic E-state index is 5.88. The van der Waals surface area contributed by atoms with E-state index in [2.05, 4.69) is 12.1 Å². The molecule has 2 aliphatic rings. The third kappa shape index (κ3) is 2.32. The van der Waals surface area contributed by atoms with Crippen molar-refractivity contribution in [3.63, 3.8) is 0 Å². The van der Waals surface area contributed by atoms with E-state index in [1.807, 2.05) is 12.1 Å². The molecule has 1 saturated carbocycles. The van der Waals surface area contributed by atoms with Gasteiger partial charge in [0.25, 0.3) is 0 Å². The van der Waals surface area contributed by atoms with Gasteiger partial charge in [0.1, 0.15) is 11.9 Å². The van der Waals surface area contributed by atoms with Crippen LogP contribution in [0.4, 0.5) is 0 Å². The molecule has 1 aromatic carbocycles. The SMILES string of the molecule is COc1ccc([C@H]2O[C@@H]2C2CCCCC2)cc1. The van der Waals surface area contributed by atoms with Gasteiger partial charge in [0.2, 0.25) is 0 Å². The lowest BCUT2D eigenvalue weighted by Gasteiger charge is -2.19. The molecule has 2 atom stereocenters. The lowest BCUT2D eigenvalue weighted by molar-refractivity contribution is 0.262. The van der Waals surface area contributed by atoms with Crippen LogP contribution in [0.3, 0.4) is 0 Å². The molecule has 1 aromatic rings. The number of hydrogen-bond donors (Lipinski definition) is 0. The molecule has 0 amide bonds. The van der Waals surface area contributed by atoms with Crippen LogP contribution in [0.5, 0.6) is 5.75 Å². The zero-order chi connectivity index (χ0) is 11.7. The van der Waals surface area contributed by atoms with Gasteiger partial charge in [-0.2, -0.15) is 0 Å². The minimum Gasteiger partial charge on any atom is -0.497 e. The summed E-state index contributed by atoms with van der Waals surface area (Å²) in [6.45, 7) is 0. The summed E-state index contributed by atoms with van der Waals surface area (Å²) in [6.07, 6.45) is 7.75. The monoisotopic (exact) mass is 232 g/mol. The number of epoxide rings is 1. The number of methoxy groups -OCH3 is 1. The van der Waals surface area contributed by atoms with E-state index in [1.165, 1.54) is 37.7 Å². The fourth-order valence-corrected chi connectivity index (χ4v) is 3.01. The lowest BCUT2D eigenvalue weighted by Crippen LogP contribution is -2.12. The highest BCUT2D eigenvalue weighted by atomic mass is 16.6. The fraction of sp³-hybridized carbons (Fsp3) is 0.600. The van der Waals surface area contributed by atoms with Gasteiger partial charge >= 0.3 is 0 Å². The maximum absolute atomic E-state index is 5.88. The molecule has 3 rings (SSSR count). The quantitative estimate of drug-likeness (QED) is 0.741. The molecule has 17 heavy (non-hydrogen) atoms. The first-order chi connectivity index (χ1) is 8.38. The van der Waals surface area contributed by atoms with E-state index in [-0.39, 0.29) is 0 Å². The smallest absolute Gasteiger partial charge is 0.118 e. The highest BCUT2D eigenvalue weighted by Crippen LogP contribution is 2.47. The van der Waals surface area contributed by atoms with Crippen LogP contribution in [0.15, 0.2) is 24.3 Å². The predicted octanol–water partition coefficient (Wildman–Crippen LogP) is 3.72. The minimum atomic E-state index is 0.351. The predicted molar refractivity (Wildman–Crippen MR) is 67.2 cm³/mol. The molecule has 92 valence electrons. The third-order valence-electron chi connectivity index (χ3n) is 4.08. The Bertz CT molecular complexity index is 365. The van der Waals surface area contributed by atoms with Gasteiger partial charge in [-0.3, -0.25) is 0 Å². The van der Waals surface area contributed by atoms with E-state index in [0.717, 1.165) is 11.7 Å². The fourth-order valence-electron chi connectivity index (χ4n) is 3.01. The molecule has 0 aromatic heterocycles. The van der Waals surface area contributed by atoms with Crippen molar-refractivity contribution in [3.05, 3.63) is 29.8 Å². The van der Waals surface area contributed by atoms with E-state index in [0.29, 0.717) is 12.2 Å². The van der Waals surface area contributed by atoms with Crippen molar-refractivity contribution in [2.45, 2.75) is 44.3 Å². The van der Waals surface area contributed by atoms with Crippen LogP contribution in [0.25, 0.3) is 0 Å². The molecule has 1 aliphatic heterocycles. The summed E-state index contributed by atoms with van der Waals surface area (Å²) in [7, 11) is 1.70. The Morgan fingerprint density at radius 1 is 1.06 bits per heavy atom. The van der Waals surface area contributed by atoms with E-state index in [4.69, 9.17) is 9.47 Å². The average Bonchev–Trinajstić information content (AvgIpc) is 3.20. The van der Waals surface area contributed by atoms with E-state index < -0.39 is 0 Å². The second kappa shape index (κ2) is 4.69. The van der Waals surface area contributed by atoms with Crippen LogP contribution in [0.1, 0.15) is 43.8 Å². The van der Waals surface area contributed by atoms with E-state index in [9.17, 15) is 0 Å².